The molecular formula is C16H19F2N3OS2. The summed E-state index contributed by atoms with van der Waals surface area (Å²) in [5.41, 5.74) is 0.925. The van der Waals surface area contributed by atoms with Gasteiger partial charge in [-0.3, -0.25) is 4.79 Å². The van der Waals surface area contributed by atoms with Crippen LogP contribution in [-0.2, 0) is 11.2 Å². The monoisotopic (exact) mass is 371 g/mol. The molecule has 0 radical (unpaired) electrons. The first-order chi connectivity index (χ1) is 11.6. The van der Waals surface area contributed by atoms with Crippen molar-refractivity contribution in [2.24, 2.45) is 10.2 Å². The number of nitrogens with one attached hydrogen (secondary N) is 1. The molecule has 2 rings (SSSR count). The number of amidine groups is 1. The van der Waals surface area contributed by atoms with Gasteiger partial charge in [0.1, 0.15) is 0 Å². The molecular weight excluding hydrogens is 352 g/mol. The lowest BCUT2D eigenvalue weighted by molar-refractivity contribution is -0.118. The lowest BCUT2D eigenvalue weighted by Gasteiger charge is -2.06. The Balaban J connectivity index is 1.87. The van der Waals surface area contributed by atoms with Crippen molar-refractivity contribution >= 4 is 40.8 Å². The molecule has 1 aromatic carbocycles. The van der Waals surface area contributed by atoms with Crippen molar-refractivity contribution in [1.29, 1.82) is 0 Å². The maximum atomic E-state index is 12.3. The number of carbonyl (C=O) groups is 1. The fourth-order valence-electron chi connectivity index (χ4n) is 2.05. The predicted molar refractivity (Wildman–Crippen MR) is 97.0 cm³/mol. The van der Waals surface area contributed by atoms with Crippen LogP contribution < -0.4 is 5.32 Å². The van der Waals surface area contributed by atoms with Gasteiger partial charge in [-0.15, -0.1) is 5.10 Å². The first kappa shape index (κ1) is 18.9. The zero-order chi connectivity index (χ0) is 17.4. The number of hydrogen-bond donors (Lipinski definition) is 1. The summed E-state index contributed by atoms with van der Waals surface area (Å²) in [6, 6.07) is 6.85. The summed E-state index contributed by atoms with van der Waals surface area (Å²) in [4.78, 5) is 12.5. The molecule has 1 aromatic rings. The molecule has 1 aliphatic heterocycles. The van der Waals surface area contributed by atoms with Crippen molar-refractivity contribution in [2.45, 2.75) is 48.5 Å². The van der Waals surface area contributed by atoms with Crippen molar-refractivity contribution in [2.75, 3.05) is 0 Å². The van der Waals surface area contributed by atoms with Gasteiger partial charge in [-0.05, 0) is 37.0 Å². The van der Waals surface area contributed by atoms with Gasteiger partial charge >= 0.3 is 0 Å². The molecule has 4 nitrogen and oxygen atoms in total. The minimum absolute atomic E-state index is 0.103. The number of halogens is 2. The Morgan fingerprint density at radius 1 is 1.38 bits per heavy atom. The summed E-state index contributed by atoms with van der Waals surface area (Å²) in [7, 11) is 0. The lowest BCUT2D eigenvalue weighted by atomic mass is 10.1. The quantitative estimate of drug-likeness (QED) is 0.321. The smallest absolute Gasteiger partial charge is 0.288 e. The summed E-state index contributed by atoms with van der Waals surface area (Å²) in [5, 5.41) is 10.9. The number of unbranched alkanes of at least 4 members (excludes halogenated alkanes) is 2. The molecule has 1 fully saturated rings. The van der Waals surface area contributed by atoms with Crippen molar-refractivity contribution in [3.8, 4) is 0 Å². The second-order valence-corrected chi connectivity index (χ2v) is 7.42. The first-order valence-corrected chi connectivity index (χ1v) is 9.45. The third-order valence-corrected chi connectivity index (χ3v) is 5.06. The zero-order valence-electron chi connectivity index (χ0n) is 13.2. The molecule has 8 heteroatoms. The van der Waals surface area contributed by atoms with Crippen LogP contribution in [0.2, 0.25) is 0 Å². The fourth-order valence-corrected chi connectivity index (χ4v) is 3.52. The normalized spacial score (nSPS) is 19.6. The Kier molecular flexibility index (Phi) is 7.71. The highest BCUT2D eigenvalue weighted by Crippen LogP contribution is 2.27. The van der Waals surface area contributed by atoms with Crippen LogP contribution in [0.4, 0.5) is 8.78 Å². The van der Waals surface area contributed by atoms with E-state index in [9.17, 15) is 13.6 Å². The molecule has 1 heterocycles. The van der Waals surface area contributed by atoms with Crippen molar-refractivity contribution < 1.29 is 13.6 Å². The molecule has 1 amide bonds. The Morgan fingerprint density at radius 3 is 2.79 bits per heavy atom. The van der Waals surface area contributed by atoms with Crippen LogP contribution in [0.5, 0.6) is 0 Å². The number of benzene rings is 1. The highest BCUT2D eigenvalue weighted by Gasteiger charge is 2.30. The second kappa shape index (κ2) is 9.78. The highest BCUT2D eigenvalue weighted by molar-refractivity contribution is 8.15. The van der Waals surface area contributed by atoms with Gasteiger partial charge in [0, 0.05) is 11.1 Å². The molecule has 0 aromatic heterocycles. The largest absolute Gasteiger partial charge is 0.303 e. The van der Waals surface area contributed by atoms with Crippen LogP contribution in [0.1, 0.15) is 31.7 Å². The molecule has 0 aliphatic carbocycles. The third-order valence-electron chi connectivity index (χ3n) is 3.26. The van der Waals surface area contributed by atoms with Gasteiger partial charge in [0.15, 0.2) is 5.17 Å². The minimum Gasteiger partial charge on any atom is -0.303 e. The van der Waals surface area contributed by atoms with E-state index in [2.05, 4.69) is 22.4 Å². The summed E-state index contributed by atoms with van der Waals surface area (Å²) < 4.78 is 24.6. The van der Waals surface area contributed by atoms with Crippen LogP contribution in [0.25, 0.3) is 0 Å². The molecule has 0 saturated carbocycles. The minimum atomic E-state index is -2.43. The fraction of sp³-hybridized carbons (Fsp3) is 0.438. The number of carbonyl (C=O) groups excluding carboxylic acids is 1. The Hall–Kier alpha value is -1.41. The molecule has 0 bridgehead atoms. The van der Waals surface area contributed by atoms with E-state index in [4.69, 9.17) is 0 Å². The molecule has 1 saturated heterocycles. The Labute approximate surface area is 148 Å². The molecule has 1 N–H and O–H groups in total. The van der Waals surface area contributed by atoms with E-state index in [0.717, 1.165) is 24.8 Å². The third kappa shape index (κ3) is 6.24. The van der Waals surface area contributed by atoms with Crippen molar-refractivity contribution in [3.63, 3.8) is 0 Å². The van der Waals surface area contributed by atoms with Gasteiger partial charge in [-0.1, -0.05) is 49.0 Å². The SMILES string of the molecule is CCCC/C=N/N=C1/NC(=O)C(Cc2ccc(SC(F)F)cc2)S1. The average Bonchev–Trinajstić information content (AvgIpc) is 2.88. The lowest BCUT2D eigenvalue weighted by Crippen LogP contribution is -2.25. The molecule has 0 spiro atoms. The zero-order valence-corrected chi connectivity index (χ0v) is 14.9. The van der Waals surface area contributed by atoms with Crippen molar-refractivity contribution in [1.82, 2.24) is 5.32 Å². The summed E-state index contributed by atoms with van der Waals surface area (Å²) in [6.07, 6.45) is 5.31. The van der Waals surface area contributed by atoms with Gasteiger partial charge in [0.25, 0.3) is 5.76 Å². The number of rotatable bonds is 8. The van der Waals surface area contributed by atoms with Gasteiger partial charge in [0.05, 0.1) is 5.25 Å². The number of alkyl halides is 2. The number of thioether (sulfide) groups is 2. The topological polar surface area (TPSA) is 53.8 Å². The number of hydrogen-bond acceptors (Lipinski definition) is 5. The van der Waals surface area contributed by atoms with Gasteiger partial charge in [-0.2, -0.15) is 13.9 Å². The summed E-state index contributed by atoms with van der Waals surface area (Å²) >= 11 is 1.86. The Morgan fingerprint density at radius 2 is 2.12 bits per heavy atom. The Bertz CT molecular complexity index is 606. The van der Waals surface area contributed by atoms with Crippen LogP contribution in [0.15, 0.2) is 39.4 Å². The predicted octanol–water partition coefficient (Wildman–Crippen LogP) is 4.31. The standard InChI is InChI=1S/C16H19F2N3OS2/c1-2-3-4-9-19-21-16-20-14(22)13(24-16)10-11-5-7-12(8-6-11)23-15(17)18/h5-9,13,15H,2-4,10H2,1H3,(H,20,21,22)/b19-9+. The van der Waals surface area contributed by atoms with Crippen LogP contribution >= 0.6 is 23.5 Å². The number of nitrogens with zero attached hydrogens (tertiary/aromatic N) is 2. The van der Waals surface area contributed by atoms with E-state index in [1.807, 2.05) is 0 Å². The van der Waals surface area contributed by atoms with Crippen LogP contribution in [0, 0.1) is 0 Å². The van der Waals surface area contributed by atoms with E-state index in [1.165, 1.54) is 11.8 Å². The first-order valence-electron chi connectivity index (χ1n) is 7.69. The van der Waals surface area contributed by atoms with E-state index in [-0.39, 0.29) is 11.2 Å². The van der Waals surface area contributed by atoms with Gasteiger partial charge < -0.3 is 5.32 Å². The van der Waals surface area contributed by atoms with Crippen molar-refractivity contribution in [3.05, 3.63) is 29.8 Å². The molecule has 1 aliphatic rings. The number of amides is 1. The average molecular weight is 371 g/mol. The molecule has 130 valence electrons. The maximum Gasteiger partial charge on any atom is 0.288 e. The summed E-state index contributed by atoms with van der Waals surface area (Å²) in [5.74, 6) is -2.53. The molecule has 24 heavy (non-hydrogen) atoms. The summed E-state index contributed by atoms with van der Waals surface area (Å²) in [6.45, 7) is 2.11. The van der Waals surface area contributed by atoms with E-state index in [1.54, 1.807) is 30.5 Å². The molecule has 1 atom stereocenters. The van der Waals surface area contributed by atoms with Crippen LogP contribution in [-0.4, -0.2) is 28.3 Å². The second-order valence-electron chi connectivity index (χ2n) is 5.17. The van der Waals surface area contributed by atoms with E-state index < -0.39 is 5.76 Å². The van der Waals surface area contributed by atoms with Gasteiger partial charge in [0.2, 0.25) is 5.91 Å². The molecule has 1 unspecified atom stereocenters. The van der Waals surface area contributed by atoms with E-state index in [0.29, 0.717) is 28.2 Å². The van der Waals surface area contributed by atoms with Gasteiger partial charge in [-0.25, -0.2) is 0 Å². The van der Waals surface area contributed by atoms with Crippen LogP contribution in [0.3, 0.4) is 0 Å². The highest BCUT2D eigenvalue weighted by atomic mass is 32.2. The van der Waals surface area contributed by atoms with E-state index >= 15 is 0 Å². The maximum absolute atomic E-state index is 12.3.